The summed E-state index contributed by atoms with van der Waals surface area (Å²) in [6.07, 6.45) is 7.08. The van der Waals surface area contributed by atoms with Crippen molar-refractivity contribution >= 4 is 28.5 Å². The monoisotopic (exact) mass is 560 g/mol. The van der Waals surface area contributed by atoms with Gasteiger partial charge in [0.2, 0.25) is 11.8 Å². The summed E-state index contributed by atoms with van der Waals surface area (Å²) in [5, 5.41) is 11.8. The molecule has 2 aromatic carbocycles. The second-order valence-corrected chi connectivity index (χ2v) is 11.4. The number of aromatic nitrogens is 3. The highest BCUT2D eigenvalue weighted by Gasteiger charge is 2.35. The molecule has 0 bridgehead atoms. The fourth-order valence-electron chi connectivity index (χ4n) is 6.30. The molecule has 3 aliphatic rings. The Kier molecular flexibility index (Phi) is 8.77. The van der Waals surface area contributed by atoms with Crippen LogP contribution in [0.15, 0.2) is 48.5 Å². The van der Waals surface area contributed by atoms with Crippen LogP contribution in [0.25, 0.3) is 11.0 Å². The fraction of sp³-hybridized carbons (Fsp3) is 0.548. The van der Waals surface area contributed by atoms with Crippen LogP contribution in [0.3, 0.4) is 0 Å². The minimum Gasteiger partial charge on any atom is -0.378 e. The molecular formula is C31H40N6O4. The summed E-state index contributed by atoms with van der Waals surface area (Å²) in [4.78, 5) is 32.3. The molecule has 2 saturated heterocycles. The van der Waals surface area contributed by atoms with Crippen LogP contribution >= 0.6 is 0 Å². The van der Waals surface area contributed by atoms with Gasteiger partial charge in [-0.25, -0.2) is 4.68 Å². The number of para-hydroxylation sites is 1. The smallest absolute Gasteiger partial charge is 0.247 e. The van der Waals surface area contributed by atoms with Crippen LogP contribution in [0.1, 0.15) is 56.6 Å². The van der Waals surface area contributed by atoms with Crippen LogP contribution in [-0.4, -0.2) is 83.3 Å². The lowest BCUT2D eigenvalue weighted by molar-refractivity contribution is -0.143. The van der Waals surface area contributed by atoms with Gasteiger partial charge in [0, 0.05) is 38.0 Å². The fourth-order valence-corrected chi connectivity index (χ4v) is 6.30. The van der Waals surface area contributed by atoms with Crippen molar-refractivity contribution in [3.63, 3.8) is 0 Å². The highest BCUT2D eigenvalue weighted by Crippen LogP contribution is 2.29. The molecule has 1 saturated carbocycles. The summed E-state index contributed by atoms with van der Waals surface area (Å²) >= 11 is 0. The number of nitrogens with zero attached hydrogens (tertiary/aromatic N) is 5. The van der Waals surface area contributed by atoms with Crippen LogP contribution < -0.4 is 10.2 Å². The van der Waals surface area contributed by atoms with Crippen LogP contribution in [0.4, 0.5) is 5.69 Å². The normalized spacial score (nSPS) is 20.7. The lowest BCUT2D eigenvalue weighted by Crippen LogP contribution is -2.50. The molecule has 2 aliphatic heterocycles. The molecule has 3 aromatic rings. The van der Waals surface area contributed by atoms with Gasteiger partial charge in [0.05, 0.1) is 24.8 Å². The van der Waals surface area contributed by atoms with Crippen LogP contribution in [0, 0.1) is 0 Å². The zero-order valence-corrected chi connectivity index (χ0v) is 23.6. The van der Waals surface area contributed by atoms with Crippen molar-refractivity contribution < 1.29 is 19.1 Å². The molecule has 10 heteroatoms. The minimum atomic E-state index is -0.776. The molecule has 10 nitrogen and oxygen atoms in total. The van der Waals surface area contributed by atoms with Gasteiger partial charge in [0.1, 0.15) is 18.1 Å². The Balaban J connectivity index is 1.31. The highest BCUT2D eigenvalue weighted by molar-refractivity contribution is 5.89. The lowest BCUT2D eigenvalue weighted by Gasteiger charge is -2.35. The van der Waals surface area contributed by atoms with E-state index in [-0.39, 0.29) is 30.5 Å². The number of morpholine rings is 1. The van der Waals surface area contributed by atoms with Gasteiger partial charge in [-0.2, -0.15) is 0 Å². The SMILES string of the molecule is O=C(NC1CCCCC1)[C@@H](c1ccc(N2CCOCC2)cc1)N(C[C@@H]1CCCO1)C(=O)Cn1nnc2ccccc21. The summed E-state index contributed by atoms with van der Waals surface area (Å²) in [6.45, 7) is 4.09. The van der Waals surface area contributed by atoms with Gasteiger partial charge >= 0.3 is 0 Å². The third kappa shape index (κ3) is 6.54. The van der Waals surface area contributed by atoms with E-state index in [1.165, 1.54) is 6.42 Å². The molecule has 0 radical (unpaired) electrons. The predicted molar refractivity (Wildman–Crippen MR) is 155 cm³/mol. The van der Waals surface area contributed by atoms with Crippen molar-refractivity contribution in [1.82, 2.24) is 25.2 Å². The Labute approximate surface area is 241 Å². The summed E-state index contributed by atoms with van der Waals surface area (Å²) in [5.41, 5.74) is 3.41. The first kappa shape index (κ1) is 27.7. The molecule has 3 heterocycles. The van der Waals surface area contributed by atoms with E-state index in [2.05, 4.69) is 32.7 Å². The standard InChI is InChI=1S/C31H40N6O4/c38-29(22-37-28-11-5-4-10-27(28)33-34-37)36(21-26-9-6-18-41-26)30(31(39)32-24-7-2-1-3-8-24)23-12-14-25(15-13-23)35-16-19-40-20-17-35/h4-5,10-15,24,26,30H,1-3,6-9,16-22H2,(H,32,39)/t26-,30+/m0/s1. The molecule has 218 valence electrons. The Morgan fingerprint density at radius 2 is 1.73 bits per heavy atom. The number of rotatable bonds is 9. The molecule has 1 N–H and O–H groups in total. The molecule has 0 spiro atoms. The van der Waals surface area contributed by atoms with Crippen LogP contribution in [-0.2, 0) is 25.6 Å². The third-order valence-corrected chi connectivity index (χ3v) is 8.55. The molecule has 41 heavy (non-hydrogen) atoms. The number of anilines is 1. The highest BCUT2D eigenvalue weighted by atomic mass is 16.5. The lowest BCUT2D eigenvalue weighted by atomic mass is 9.94. The number of ether oxygens (including phenoxy) is 2. The maximum atomic E-state index is 14.1. The van der Waals surface area contributed by atoms with Crippen molar-refractivity contribution in [2.75, 3.05) is 44.4 Å². The maximum Gasteiger partial charge on any atom is 0.247 e. The second kappa shape index (κ2) is 13.0. The molecule has 0 unspecified atom stereocenters. The number of fused-ring (bicyclic) bond motifs is 1. The van der Waals surface area contributed by atoms with Gasteiger partial charge in [-0.3, -0.25) is 9.59 Å². The quantitative estimate of drug-likeness (QED) is 0.428. The topological polar surface area (TPSA) is 102 Å². The molecule has 2 amide bonds. The van der Waals surface area contributed by atoms with Crippen molar-refractivity contribution in [3.8, 4) is 0 Å². The molecule has 1 aliphatic carbocycles. The summed E-state index contributed by atoms with van der Waals surface area (Å²) < 4.78 is 13.1. The van der Waals surface area contributed by atoms with Gasteiger partial charge in [0.25, 0.3) is 0 Å². The molecule has 2 atom stereocenters. The predicted octanol–water partition coefficient (Wildman–Crippen LogP) is 3.47. The third-order valence-electron chi connectivity index (χ3n) is 8.55. The largest absolute Gasteiger partial charge is 0.378 e. The number of amides is 2. The van der Waals surface area contributed by atoms with Gasteiger partial charge in [0.15, 0.2) is 0 Å². The van der Waals surface area contributed by atoms with E-state index in [0.717, 1.165) is 73.9 Å². The molecule has 6 rings (SSSR count). The first-order valence-electron chi connectivity index (χ1n) is 15.1. The Morgan fingerprint density at radius 3 is 2.49 bits per heavy atom. The Bertz CT molecular complexity index is 1310. The van der Waals surface area contributed by atoms with E-state index < -0.39 is 6.04 Å². The number of benzene rings is 2. The van der Waals surface area contributed by atoms with E-state index in [0.29, 0.717) is 26.4 Å². The van der Waals surface area contributed by atoms with E-state index in [1.54, 1.807) is 9.58 Å². The van der Waals surface area contributed by atoms with Crippen LogP contribution in [0.5, 0.6) is 0 Å². The van der Waals surface area contributed by atoms with E-state index in [4.69, 9.17) is 9.47 Å². The zero-order valence-electron chi connectivity index (χ0n) is 23.6. The van der Waals surface area contributed by atoms with Crippen molar-refractivity contribution in [2.24, 2.45) is 0 Å². The Hall–Kier alpha value is -3.50. The maximum absolute atomic E-state index is 14.1. The zero-order chi connectivity index (χ0) is 28.0. The summed E-state index contributed by atoms with van der Waals surface area (Å²) in [6, 6.07) is 15.1. The molecule has 1 aromatic heterocycles. The number of nitrogens with one attached hydrogen (secondary N) is 1. The molecular weight excluding hydrogens is 520 g/mol. The second-order valence-electron chi connectivity index (χ2n) is 11.4. The Morgan fingerprint density at radius 1 is 0.951 bits per heavy atom. The first-order chi connectivity index (χ1) is 20.2. The number of carbonyl (C=O) groups is 2. The van der Waals surface area contributed by atoms with E-state index >= 15 is 0 Å². The molecule has 3 fully saturated rings. The van der Waals surface area contributed by atoms with E-state index in [9.17, 15) is 9.59 Å². The summed E-state index contributed by atoms with van der Waals surface area (Å²) in [5.74, 6) is -0.317. The van der Waals surface area contributed by atoms with Gasteiger partial charge in [-0.1, -0.05) is 48.7 Å². The minimum absolute atomic E-state index is 0.00764. The number of hydrogen-bond acceptors (Lipinski definition) is 7. The average Bonchev–Trinajstić information content (AvgIpc) is 3.68. The van der Waals surface area contributed by atoms with Crippen molar-refractivity contribution in [3.05, 3.63) is 54.1 Å². The van der Waals surface area contributed by atoms with Gasteiger partial charge < -0.3 is 24.6 Å². The number of carbonyl (C=O) groups excluding carboxylic acids is 2. The van der Waals surface area contributed by atoms with E-state index in [1.807, 2.05) is 36.4 Å². The summed E-state index contributed by atoms with van der Waals surface area (Å²) in [7, 11) is 0. The van der Waals surface area contributed by atoms with Crippen LogP contribution in [0.2, 0.25) is 0 Å². The average molecular weight is 561 g/mol. The van der Waals surface area contributed by atoms with Crippen molar-refractivity contribution in [2.45, 2.75) is 69.7 Å². The van der Waals surface area contributed by atoms with Gasteiger partial charge in [-0.15, -0.1) is 5.10 Å². The van der Waals surface area contributed by atoms with Gasteiger partial charge in [-0.05, 0) is 55.5 Å². The first-order valence-corrected chi connectivity index (χ1v) is 15.1. The number of hydrogen-bond donors (Lipinski definition) is 1. The van der Waals surface area contributed by atoms with Crippen molar-refractivity contribution in [1.29, 1.82) is 0 Å².